The highest BCUT2D eigenvalue weighted by Crippen LogP contribution is 2.22. The Hall–Kier alpha value is -0.120. The second kappa shape index (κ2) is 4.40. The zero-order chi connectivity index (χ0) is 9.10. The highest BCUT2D eigenvalue weighted by molar-refractivity contribution is 4.82. The Morgan fingerprint density at radius 1 is 1.38 bits per heavy atom. The van der Waals surface area contributed by atoms with E-state index in [9.17, 15) is 0 Å². The van der Waals surface area contributed by atoms with Gasteiger partial charge in [0, 0.05) is 19.2 Å². The Morgan fingerprint density at radius 2 is 2.23 bits per heavy atom. The van der Waals surface area contributed by atoms with Crippen molar-refractivity contribution >= 4 is 0 Å². The lowest BCUT2D eigenvalue weighted by Gasteiger charge is -2.35. The topological polar surface area (TPSA) is 36.0 Å². The Balaban J connectivity index is 1.79. The first-order valence-electron chi connectivity index (χ1n) is 5.36. The van der Waals surface area contributed by atoms with Crippen molar-refractivity contribution in [3.63, 3.8) is 0 Å². The Labute approximate surface area is 79.7 Å². The summed E-state index contributed by atoms with van der Waals surface area (Å²) in [5.41, 5.74) is 0. The van der Waals surface area contributed by atoms with E-state index in [1.165, 1.54) is 25.8 Å². The number of aliphatic hydroxyl groups excluding tert-OH is 1. The quantitative estimate of drug-likeness (QED) is 0.652. The lowest BCUT2D eigenvalue weighted by atomic mass is 9.99. The number of nitrogens with zero attached hydrogens (tertiary/aromatic N) is 1. The van der Waals surface area contributed by atoms with E-state index >= 15 is 0 Å². The highest BCUT2D eigenvalue weighted by Gasteiger charge is 2.30. The minimum Gasteiger partial charge on any atom is -0.396 e. The van der Waals surface area contributed by atoms with Gasteiger partial charge in [0.15, 0.2) is 0 Å². The van der Waals surface area contributed by atoms with Crippen LogP contribution in [0.5, 0.6) is 0 Å². The van der Waals surface area contributed by atoms with Crippen LogP contribution in [0.4, 0.5) is 0 Å². The summed E-state index contributed by atoms with van der Waals surface area (Å²) < 4.78 is 5.23. The summed E-state index contributed by atoms with van der Waals surface area (Å²) in [6, 6.07) is 0.614. The molecule has 0 aromatic carbocycles. The molecule has 0 bridgehead atoms. The van der Waals surface area contributed by atoms with Crippen LogP contribution in [0.1, 0.15) is 25.7 Å². The zero-order valence-corrected chi connectivity index (χ0v) is 8.11. The minimum atomic E-state index is 0.326. The summed E-state index contributed by atoms with van der Waals surface area (Å²) in [6.45, 7) is 3.56. The predicted octanol–water partition coefficient (Wildman–Crippen LogP) is 0.622. The SMILES string of the molecule is OCCC1CCCCN1CC1CO1. The average molecular weight is 185 g/mol. The normalized spacial score (nSPS) is 34.8. The molecule has 13 heavy (non-hydrogen) atoms. The molecular formula is C10H19NO2. The maximum atomic E-state index is 8.93. The van der Waals surface area contributed by atoms with E-state index in [1.54, 1.807) is 0 Å². The average Bonchev–Trinajstić information content (AvgIpc) is 2.93. The summed E-state index contributed by atoms with van der Waals surface area (Å²) in [5.74, 6) is 0. The number of hydrogen-bond donors (Lipinski definition) is 1. The van der Waals surface area contributed by atoms with Crippen molar-refractivity contribution < 1.29 is 9.84 Å². The zero-order valence-electron chi connectivity index (χ0n) is 8.11. The molecular weight excluding hydrogens is 166 g/mol. The second-order valence-corrected chi connectivity index (χ2v) is 4.11. The molecule has 0 amide bonds. The molecule has 2 heterocycles. The molecule has 3 heteroatoms. The molecule has 2 aliphatic rings. The van der Waals surface area contributed by atoms with Crippen molar-refractivity contribution in [2.45, 2.75) is 37.8 Å². The Bertz CT molecular complexity index is 157. The molecule has 2 unspecified atom stereocenters. The third-order valence-electron chi connectivity index (χ3n) is 3.05. The van der Waals surface area contributed by atoms with Gasteiger partial charge in [-0.3, -0.25) is 4.90 Å². The van der Waals surface area contributed by atoms with Crippen molar-refractivity contribution in [3.8, 4) is 0 Å². The van der Waals surface area contributed by atoms with Gasteiger partial charge in [0.25, 0.3) is 0 Å². The molecule has 0 saturated carbocycles. The van der Waals surface area contributed by atoms with Crippen LogP contribution in [0.2, 0.25) is 0 Å². The monoisotopic (exact) mass is 185 g/mol. The van der Waals surface area contributed by atoms with Crippen LogP contribution in [0.3, 0.4) is 0 Å². The third kappa shape index (κ3) is 2.66. The standard InChI is InChI=1S/C10H19NO2/c12-6-4-9-3-1-2-5-11(9)7-10-8-13-10/h9-10,12H,1-8H2. The lowest BCUT2D eigenvalue weighted by molar-refractivity contribution is 0.110. The number of rotatable bonds is 4. The molecule has 1 N–H and O–H groups in total. The van der Waals surface area contributed by atoms with Crippen LogP contribution in [-0.2, 0) is 4.74 Å². The molecule has 2 fully saturated rings. The molecule has 0 spiro atoms. The van der Waals surface area contributed by atoms with Crippen molar-refractivity contribution in [1.29, 1.82) is 0 Å². The minimum absolute atomic E-state index is 0.326. The van der Waals surface area contributed by atoms with Gasteiger partial charge in [-0.05, 0) is 25.8 Å². The summed E-state index contributed by atoms with van der Waals surface area (Å²) in [6.07, 6.45) is 5.33. The molecule has 3 nitrogen and oxygen atoms in total. The number of piperidine rings is 1. The smallest absolute Gasteiger partial charge is 0.0936 e. The molecule has 2 atom stereocenters. The number of likely N-dealkylation sites (tertiary alicyclic amines) is 1. The van der Waals surface area contributed by atoms with Gasteiger partial charge >= 0.3 is 0 Å². The second-order valence-electron chi connectivity index (χ2n) is 4.11. The van der Waals surface area contributed by atoms with Crippen LogP contribution in [0, 0.1) is 0 Å². The van der Waals surface area contributed by atoms with E-state index in [1.807, 2.05) is 0 Å². The largest absolute Gasteiger partial charge is 0.396 e. The number of epoxide rings is 1. The fourth-order valence-electron chi connectivity index (χ4n) is 2.21. The van der Waals surface area contributed by atoms with E-state index in [-0.39, 0.29) is 0 Å². The van der Waals surface area contributed by atoms with Gasteiger partial charge in [-0.1, -0.05) is 6.42 Å². The Kier molecular flexibility index (Phi) is 3.19. The molecule has 0 aromatic heterocycles. The molecule has 0 aromatic rings. The van der Waals surface area contributed by atoms with E-state index in [0.29, 0.717) is 18.8 Å². The van der Waals surface area contributed by atoms with Crippen molar-refractivity contribution in [2.24, 2.45) is 0 Å². The Morgan fingerprint density at radius 3 is 2.92 bits per heavy atom. The maximum absolute atomic E-state index is 8.93. The molecule has 0 aliphatic carbocycles. The van der Waals surface area contributed by atoms with E-state index in [0.717, 1.165) is 19.6 Å². The van der Waals surface area contributed by atoms with E-state index in [4.69, 9.17) is 9.84 Å². The van der Waals surface area contributed by atoms with Crippen LogP contribution < -0.4 is 0 Å². The highest BCUT2D eigenvalue weighted by atomic mass is 16.6. The molecule has 0 radical (unpaired) electrons. The third-order valence-corrected chi connectivity index (χ3v) is 3.05. The van der Waals surface area contributed by atoms with E-state index in [2.05, 4.69) is 4.90 Å². The van der Waals surface area contributed by atoms with Crippen LogP contribution in [-0.4, -0.2) is 48.5 Å². The lowest BCUT2D eigenvalue weighted by Crippen LogP contribution is -2.42. The molecule has 76 valence electrons. The fraction of sp³-hybridized carbons (Fsp3) is 1.00. The van der Waals surface area contributed by atoms with Crippen molar-refractivity contribution in [2.75, 3.05) is 26.3 Å². The summed E-state index contributed by atoms with van der Waals surface area (Å²) in [7, 11) is 0. The van der Waals surface area contributed by atoms with Gasteiger partial charge in [0.05, 0.1) is 12.7 Å². The molecule has 2 aliphatic heterocycles. The van der Waals surface area contributed by atoms with E-state index < -0.39 is 0 Å². The van der Waals surface area contributed by atoms with Crippen LogP contribution in [0.15, 0.2) is 0 Å². The van der Waals surface area contributed by atoms with Crippen molar-refractivity contribution in [3.05, 3.63) is 0 Å². The van der Waals surface area contributed by atoms with Gasteiger partial charge in [-0.2, -0.15) is 0 Å². The number of aliphatic hydroxyl groups is 1. The molecule has 2 saturated heterocycles. The van der Waals surface area contributed by atoms with Gasteiger partial charge in [-0.15, -0.1) is 0 Å². The first-order valence-corrected chi connectivity index (χ1v) is 5.36. The summed E-state index contributed by atoms with van der Waals surface area (Å²) >= 11 is 0. The number of ether oxygens (including phenoxy) is 1. The summed E-state index contributed by atoms with van der Waals surface area (Å²) in [4.78, 5) is 2.50. The summed E-state index contributed by atoms with van der Waals surface area (Å²) in [5, 5.41) is 8.93. The fourth-order valence-corrected chi connectivity index (χ4v) is 2.21. The predicted molar refractivity (Wildman–Crippen MR) is 50.7 cm³/mol. The van der Waals surface area contributed by atoms with Crippen molar-refractivity contribution in [1.82, 2.24) is 4.90 Å². The van der Waals surface area contributed by atoms with Gasteiger partial charge in [0.1, 0.15) is 0 Å². The maximum Gasteiger partial charge on any atom is 0.0936 e. The first-order chi connectivity index (χ1) is 6.40. The van der Waals surface area contributed by atoms with Gasteiger partial charge in [-0.25, -0.2) is 0 Å². The molecule has 2 rings (SSSR count). The number of hydrogen-bond acceptors (Lipinski definition) is 3. The van der Waals surface area contributed by atoms with Gasteiger partial charge < -0.3 is 9.84 Å². The van der Waals surface area contributed by atoms with Crippen LogP contribution in [0.25, 0.3) is 0 Å². The van der Waals surface area contributed by atoms with Crippen LogP contribution >= 0.6 is 0 Å². The first kappa shape index (κ1) is 9.44. The van der Waals surface area contributed by atoms with Gasteiger partial charge in [0.2, 0.25) is 0 Å².